The third-order valence-electron chi connectivity index (χ3n) is 2.63. The van der Waals surface area contributed by atoms with Gasteiger partial charge in [-0.25, -0.2) is 17.6 Å². The molecule has 0 amide bonds. The molecule has 0 fully saturated rings. The van der Waals surface area contributed by atoms with Gasteiger partial charge in [-0.2, -0.15) is 0 Å². The predicted molar refractivity (Wildman–Crippen MR) is 44.0 cm³/mol. The topological polar surface area (TPSA) is 49.9 Å². The number of rotatable bonds is 0. The Balaban J connectivity index is 3.41. The molecule has 3 unspecified atom stereocenters. The number of halogens is 4. The SMILES string of the molecule is CC1(N)C(F)=C(F)C(=N)C(F)C1(C)F. The molecule has 0 aliphatic heterocycles. The molecule has 6 heteroatoms. The molecule has 1 aliphatic rings. The molecule has 3 atom stereocenters. The second-order valence-corrected chi connectivity index (χ2v) is 3.68. The van der Waals surface area contributed by atoms with E-state index >= 15 is 0 Å². The zero-order valence-corrected chi connectivity index (χ0v) is 7.67. The summed E-state index contributed by atoms with van der Waals surface area (Å²) in [5.41, 5.74) is -1.40. The van der Waals surface area contributed by atoms with Crippen LogP contribution in [0.1, 0.15) is 13.8 Å². The van der Waals surface area contributed by atoms with Crippen LogP contribution in [0.5, 0.6) is 0 Å². The number of alkyl halides is 2. The van der Waals surface area contributed by atoms with Crippen molar-refractivity contribution in [1.82, 2.24) is 0 Å². The number of nitrogens with two attached hydrogens (primary N) is 1. The number of hydrogen-bond donors (Lipinski definition) is 2. The maximum atomic E-state index is 13.6. The zero-order valence-electron chi connectivity index (χ0n) is 7.67. The van der Waals surface area contributed by atoms with Gasteiger partial charge in [-0.1, -0.05) is 0 Å². The summed E-state index contributed by atoms with van der Waals surface area (Å²) in [6.07, 6.45) is -2.56. The molecule has 0 aromatic carbocycles. The lowest BCUT2D eigenvalue weighted by Gasteiger charge is -2.41. The van der Waals surface area contributed by atoms with Gasteiger partial charge in [-0.05, 0) is 13.8 Å². The fraction of sp³-hybridized carbons (Fsp3) is 0.625. The van der Waals surface area contributed by atoms with E-state index in [4.69, 9.17) is 11.1 Å². The van der Waals surface area contributed by atoms with Gasteiger partial charge in [0.05, 0.1) is 0 Å². The summed E-state index contributed by atoms with van der Waals surface area (Å²) in [4.78, 5) is 0. The van der Waals surface area contributed by atoms with Gasteiger partial charge >= 0.3 is 0 Å². The van der Waals surface area contributed by atoms with Crippen molar-refractivity contribution < 1.29 is 17.6 Å². The van der Waals surface area contributed by atoms with Gasteiger partial charge in [-0.3, -0.25) is 5.41 Å². The molecule has 1 rings (SSSR count). The van der Waals surface area contributed by atoms with Gasteiger partial charge in [0, 0.05) is 0 Å². The Hall–Kier alpha value is -0.910. The molecule has 0 aromatic rings. The average Bonchev–Trinajstić information content (AvgIpc) is 2.10. The van der Waals surface area contributed by atoms with Crippen LogP contribution < -0.4 is 5.73 Å². The van der Waals surface area contributed by atoms with E-state index in [0.717, 1.165) is 6.92 Å². The molecule has 2 nitrogen and oxygen atoms in total. The molecule has 1 aliphatic carbocycles. The fourth-order valence-corrected chi connectivity index (χ4v) is 1.21. The van der Waals surface area contributed by atoms with Crippen molar-refractivity contribution in [1.29, 1.82) is 5.41 Å². The van der Waals surface area contributed by atoms with Crippen molar-refractivity contribution in [2.45, 2.75) is 31.2 Å². The Labute approximate surface area is 78.3 Å². The predicted octanol–water partition coefficient (Wildman–Crippen LogP) is 1.95. The minimum atomic E-state index is -2.83. The highest BCUT2D eigenvalue weighted by atomic mass is 19.2. The number of hydrogen-bond acceptors (Lipinski definition) is 2. The monoisotopic (exact) mass is 210 g/mol. The van der Waals surface area contributed by atoms with E-state index in [1.54, 1.807) is 0 Å². The number of nitrogens with one attached hydrogen (secondary N) is 1. The van der Waals surface area contributed by atoms with Crippen LogP contribution in [0, 0.1) is 5.41 Å². The molecular formula is C8H10F4N2. The van der Waals surface area contributed by atoms with E-state index < -0.39 is 34.7 Å². The van der Waals surface area contributed by atoms with Gasteiger partial charge in [0.1, 0.15) is 11.3 Å². The first-order valence-electron chi connectivity index (χ1n) is 3.90. The summed E-state index contributed by atoms with van der Waals surface area (Å²) in [6, 6.07) is 0. The molecule has 0 bridgehead atoms. The van der Waals surface area contributed by atoms with Gasteiger partial charge < -0.3 is 5.73 Å². The Kier molecular flexibility index (Phi) is 2.22. The van der Waals surface area contributed by atoms with Crippen LogP contribution in [-0.2, 0) is 0 Å². The van der Waals surface area contributed by atoms with Gasteiger partial charge in [0.15, 0.2) is 23.5 Å². The van der Waals surface area contributed by atoms with E-state index in [1.807, 2.05) is 0 Å². The minimum absolute atomic E-state index is 0.707. The van der Waals surface area contributed by atoms with Crippen molar-refractivity contribution >= 4 is 5.71 Å². The maximum Gasteiger partial charge on any atom is 0.180 e. The van der Waals surface area contributed by atoms with Crippen LogP contribution in [0.25, 0.3) is 0 Å². The van der Waals surface area contributed by atoms with E-state index in [2.05, 4.69) is 0 Å². The van der Waals surface area contributed by atoms with Crippen molar-refractivity contribution in [3.8, 4) is 0 Å². The van der Waals surface area contributed by atoms with Crippen LogP contribution in [0.2, 0.25) is 0 Å². The molecular weight excluding hydrogens is 200 g/mol. The average molecular weight is 210 g/mol. The molecule has 0 aromatic heterocycles. The first-order valence-corrected chi connectivity index (χ1v) is 3.90. The quantitative estimate of drug-likeness (QED) is 0.590. The van der Waals surface area contributed by atoms with Crippen molar-refractivity contribution in [2.75, 3.05) is 0 Å². The van der Waals surface area contributed by atoms with Gasteiger partial charge in [0.2, 0.25) is 0 Å². The van der Waals surface area contributed by atoms with Crippen molar-refractivity contribution in [3.05, 3.63) is 11.7 Å². The highest BCUT2D eigenvalue weighted by molar-refractivity contribution is 6.02. The molecule has 80 valence electrons. The molecule has 14 heavy (non-hydrogen) atoms. The Bertz CT molecular complexity index is 319. The standard InChI is InChI=1S/C8H10F4N2/c1-7(12)6(11)4(13)3(9)5(10)8(7,2)14/h6,13H,14H2,1-2H3. The number of allylic oxidation sites excluding steroid dienone is 1. The third-order valence-corrected chi connectivity index (χ3v) is 2.63. The molecule has 0 radical (unpaired) electrons. The van der Waals surface area contributed by atoms with E-state index in [1.165, 1.54) is 0 Å². The third kappa shape index (κ3) is 1.10. The van der Waals surface area contributed by atoms with Crippen LogP contribution in [0.15, 0.2) is 11.7 Å². The van der Waals surface area contributed by atoms with Gasteiger partial charge in [-0.15, -0.1) is 0 Å². The highest BCUT2D eigenvalue weighted by Crippen LogP contribution is 2.42. The minimum Gasteiger partial charge on any atom is -0.317 e. The summed E-state index contributed by atoms with van der Waals surface area (Å²) in [5, 5.41) is 6.82. The Morgan fingerprint density at radius 2 is 1.79 bits per heavy atom. The lowest BCUT2D eigenvalue weighted by atomic mass is 9.74. The Morgan fingerprint density at radius 1 is 1.36 bits per heavy atom. The van der Waals surface area contributed by atoms with Crippen LogP contribution >= 0.6 is 0 Å². The molecule has 0 heterocycles. The summed E-state index contributed by atoms with van der Waals surface area (Å²) in [7, 11) is 0. The van der Waals surface area contributed by atoms with Crippen LogP contribution in [0.4, 0.5) is 17.6 Å². The fourth-order valence-electron chi connectivity index (χ4n) is 1.21. The van der Waals surface area contributed by atoms with Crippen LogP contribution in [-0.4, -0.2) is 23.1 Å². The first kappa shape index (κ1) is 11.2. The molecule has 3 N–H and O–H groups in total. The summed E-state index contributed by atoms with van der Waals surface area (Å²) in [6.45, 7) is 1.55. The van der Waals surface area contributed by atoms with Gasteiger partial charge in [0.25, 0.3) is 0 Å². The highest BCUT2D eigenvalue weighted by Gasteiger charge is 2.59. The van der Waals surface area contributed by atoms with Crippen molar-refractivity contribution in [3.63, 3.8) is 0 Å². The largest absolute Gasteiger partial charge is 0.317 e. The Morgan fingerprint density at radius 3 is 2.21 bits per heavy atom. The lowest BCUT2D eigenvalue weighted by Crippen LogP contribution is -2.64. The van der Waals surface area contributed by atoms with Crippen LogP contribution in [0.3, 0.4) is 0 Å². The second-order valence-electron chi connectivity index (χ2n) is 3.68. The second kappa shape index (κ2) is 2.79. The van der Waals surface area contributed by atoms with E-state index in [0.29, 0.717) is 6.92 Å². The smallest absolute Gasteiger partial charge is 0.180 e. The van der Waals surface area contributed by atoms with Crippen molar-refractivity contribution in [2.24, 2.45) is 5.73 Å². The molecule has 0 saturated heterocycles. The maximum absolute atomic E-state index is 13.6. The molecule has 0 spiro atoms. The first-order chi connectivity index (χ1) is 6.14. The van der Waals surface area contributed by atoms with E-state index in [-0.39, 0.29) is 0 Å². The summed E-state index contributed by atoms with van der Waals surface area (Å²) >= 11 is 0. The van der Waals surface area contributed by atoms with E-state index in [9.17, 15) is 17.6 Å². The summed E-state index contributed by atoms with van der Waals surface area (Å²) < 4.78 is 52.7. The molecule has 0 saturated carbocycles. The zero-order chi connectivity index (χ0) is 11.3. The lowest BCUT2D eigenvalue weighted by molar-refractivity contribution is 0.0286. The summed E-state index contributed by atoms with van der Waals surface area (Å²) in [5.74, 6) is -3.33. The normalized spacial score (nSPS) is 44.5.